The Morgan fingerprint density at radius 1 is 1.29 bits per heavy atom. The summed E-state index contributed by atoms with van der Waals surface area (Å²) in [5.41, 5.74) is 4.21. The molecule has 0 aromatic heterocycles. The summed E-state index contributed by atoms with van der Waals surface area (Å²) in [5, 5.41) is 9.40. The molecule has 1 unspecified atom stereocenters. The Balaban J connectivity index is 2.25. The van der Waals surface area contributed by atoms with Crippen molar-refractivity contribution >= 4 is 11.9 Å². The fraction of sp³-hybridized carbons (Fsp3) is 0.833. The largest absolute Gasteiger partial charge is 0.479 e. The summed E-state index contributed by atoms with van der Waals surface area (Å²) in [6.45, 7) is 2.35. The average Bonchev–Trinajstić information content (AvgIpc) is 2.69. The number of amides is 1. The van der Waals surface area contributed by atoms with E-state index in [9.17, 15) is 14.7 Å². The zero-order valence-electron chi connectivity index (χ0n) is 10.2. The van der Waals surface area contributed by atoms with Crippen molar-refractivity contribution in [1.82, 2.24) is 4.90 Å². The molecule has 17 heavy (non-hydrogen) atoms. The third kappa shape index (κ3) is 1.64. The van der Waals surface area contributed by atoms with Crippen LogP contribution in [0.4, 0.5) is 0 Å². The number of hydrogen-bond acceptors (Lipinski definition) is 3. The second kappa shape index (κ2) is 3.98. The molecule has 1 aliphatic heterocycles. The maximum atomic E-state index is 12.4. The van der Waals surface area contributed by atoms with Crippen LogP contribution in [0.25, 0.3) is 0 Å². The lowest BCUT2D eigenvalue weighted by Gasteiger charge is -2.44. The maximum Gasteiger partial charge on any atom is 0.329 e. The number of rotatable bonds is 3. The van der Waals surface area contributed by atoms with E-state index in [1.807, 2.05) is 6.92 Å². The SMILES string of the molecule is CCC1(C(=O)O)CCCN1C(=O)C1(N)CCC1. The van der Waals surface area contributed by atoms with Gasteiger partial charge in [-0.25, -0.2) is 4.79 Å². The van der Waals surface area contributed by atoms with Crippen LogP contribution in [0.15, 0.2) is 0 Å². The molecule has 1 atom stereocenters. The molecule has 0 aromatic rings. The van der Waals surface area contributed by atoms with Crippen LogP contribution in [-0.4, -0.2) is 39.5 Å². The second-order valence-corrected chi connectivity index (χ2v) is 5.26. The summed E-state index contributed by atoms with van der Waals surface area (Å²) in [4.78, 5) is 25.4. The number of nitrogens with zero attached hydrogens (tertiary/aromatic N) is 1. The van der Waals surface area contributed by atoms with E-state index in [4.69, 9.17) is 5.73 Å². The van der Waals surface area contributed by atoms with E-state index in [0.717, 1.165) is 12.8 Å². The summed E-state index contributed by atoms with van der Waals surface area (Å²) < 4.78 is 0. The Labute approximate surface area is 101 Å². The number of carbonyl (C=O) groups is 2. The van der Waals surface area contributed by atoms with Crippen LogP contribution in [0, 0.1) is 0 Å². The van der Waals surface area contributed by atoms with E-state index in [-0.39, 0.29) is 5.91 Å². The van der Waals surface area contributed by atoms with E-state index in [0.29, 0.717) is 32.2 Å². The van der Waals surface area contributed by atoms with Crippen molar-refractivity contribution in [3.05, 3.63) is 0 Å². The van der Waals surface area contributed by atoms with Crippen molar-refractivity contribution in [2.45, 2.75) is 56.5 Å². The van der Waals surface area contributed by atoms with Gasteiger partial charge in [-0.3, -0.25) is 4.79 Å². The molecular formula is C12H20N2O3. The van der Waals surface area contributed by atoms with Gasteiger partial charge in [0.15, 0.2) is 0 Å². The van der Waals surface area contributed by atoms with Gasteiger partial charge in [0, 0.05) is 6.54 Å². The van der Waals surface area contributed by atoms with Crippen molar-refractivity contribution in [2.24, 2.45) is 5.73 Å². The van der Waals surface area contributed by atoms with E-state index >= 15 is 0 Å². The summed E-state index contributed by atoms with van der Waals surface area (Å²) in [5.74, 6) is -1.06. The Bertz CT molecular complexity index is 352. The summed E-state index contributed by atoms with van der Waals surface area (Å²) in [6.07, 6.45) is 4.07. The molecule has 1 heterocycles. The first-order valence-corrected chi connectivity index (χ1v) is 6.31. The number of likely N-dealkylation sites (tertiary alicyclic amines) is 1. The monoisotopic (exact) mass is 240 g/mol. The zero-order chi connectivity index (χ0) is 12.7. The summed E-state index contributed by atoms with van der Waals surface area (Å²) in [6, 6.07) is 0. The van der Waals surface area contributed by atoms with Crippen LogP contribution in [-0.2, 0) is 9.59 Å². The fourth-order valence-electron chi connectivity index (χ4n) is 2.96. The fourth-order valence-corrected chi connectivity index (χ4v) is 2.96. The Morgan fingerprint density at radius 2 is 1.94 bits per heavy atom. The molecular weight excluding hydrogens is 220 g/mol. The molecule has 2 aliphatic rings. The number of hydrogen-bond donors (Lipinski definition) is 2. The van der Waals surface area contributed by atoms with Crippen LogP contribution in [0.2, 0.25) is 0 Å². The molecule has 5 nitrogen and oxygen atoms in total. The highest BCUT2D eigenvalue weighted by Gasteiger charge is 2.53. The van der Waals surface area contributed by atoms with Crippen molar-refractivity contribution in [1.29, 1.82) is 0 Å². The Hall–Kier alpha value is -1.10. The van der Waals surface area contributed by atoms with Gasteiger partial charge >= 0.3 is 5.97 Å². The van der Waals surface area contributed by atoms with Crippen LogP contribution >= 0.6 is 0 Å². The number of carboxylic acid groups (broad SMARTS) is 1. The third-order valence-corrected chi connectivity index (χ3v) is 4.39. The van der Waals surface area contributed by atoms with Gasteiger partial charge in [-0.1, -0.05) is 6.92 Å². The molecule has 2 rings (SSSR count). The predicted molar refractivity (Wildman–Crippen MR) is 62.4 cm³/mol. The molecule has 0 aromatic carbocycles. The second-order valence-electron chi connectivity index (χ2n) is 5.26. The number of nitrogens with two attached hydrogens (primary N) is 1. The van der Waals surface area contributed by atoms with Crippen molar-refractivity contribution in [2.75, 3.05) is 6.54 Å². The highest BCUT2D eigenvalue weighted by molar-refractivity contribution is 5.93. The lowest BCUT2D eigenvalue weighted by Crippen LogP contribution is -2.64. The normalized spacial score (nSPS) is 31.1. The molecule has 1 saturated carbocycles. The standard InChI is InChI=1S/C12H20N2O3/c1-2-12(10(16)17)7-4-8-14(12)9(15)11(13)5-3-6-11/h2-8,13H2,1H3,(H,16,17). The van der Waals surface area contributed by atoms with Gasteiger partial charge in [-0.05, 0) is 38.5 Å². The highest BCUT2D eigenvalue weighted by atomic mass is 16.4. The van der Waals surface area contributed by atoms with Crippen LogP contribution in [0.3, 0.4) is 0 Å². The number of carbonyl (C=O) groups excluding carboxylic acids is 1. The van der Waals surface area contributed by atoms with Gasteiger partial charge in [0.1, 0.15) is 5.54 Å². The predicted octanol–water partition coefficient (Wildman–Crippen LogP) is 0.724. The molecule has 3 N–H and O–H groups in total. The first-order valence-electron chi connectivity index (χ1n) is 6.31. The van der Waals surface area contributed by atoms with Gasteiger partial charge in [-0.15, -0.1) is 0 Å². The van der Waals surface area contributed by atoms with Crippen LogP contribution < -0.4 is 5.73 Å². The molecule has 1 amide bonds. The third-order valence-electron chi connectivity index (χ3n) is 4.39. The van der Waals surface area contributed by atoms with Gasteiger partial charge in [0.05, 0.1) is 5.54 Å². The molecule has 5 heteroatoms. The lowest BCUT2D eigenvalue weighted by molar-refractivity contribution is -0.160. The van der Waals surface area contributed by atoms with Gasteiger partial charge in [-0.2, -0.15) is 0 Å². The van der Waals surface area contributed by atoms with Crippen LogP contribution in [0.1, 0.15) is 45.4 Å². The van der Waals surface area contributed by atoms with E-state index in [1.54, 1.807) is 0 Å². The molecule has 0 spiro atoms. The minimum absolute atomic E-state index is 0.162. The smallest absolute Gasteiger partial charge is 0.329 e. The molecule has 1 saturated heterocycles. The molecule has 1 aliphatic carbocycles. The molecule has 2 fully saturated rings. The highest BCUT2D eigenvalue weighted by Crippen LogP contribution is 2.38. The molecule has 0 bridgehead atoms. The maximum absolute atomic E-state index is 12.4. The zero-order valence-corrected chi connectivity index (χ0v) is 10.2. The van der Waals surface area contributed by atoms with Crippen molar-refractivity contribution < 1.29 is 14.7 Å². The molecule has 96 valence electrons. The minimum atomic E-state index is -1.01. The molecule has 0 radical (unpaired) electrons. The minimum Gasteiger partial charge on any atom is -0.479 e. The number of carboxylic acids is 1. The first-order chi connectivity index (χ1) is 7.96. The van der Waals surface area contributed by atoms with E-state index in [2.05, 4.69) is 0 Å². The van der Waals surface area contributed by atoms with E-state index in [1.165, 1.54) is 4.90 Å². The topological polar surface area (TPSA) is 83.6 Å². The van der Waals surface area contributed by atoms with Gasteiger partial charge < -0.3 is 15.7 Å². The van der Waals surface area contributed by atoms with Gasteiger partial charge in [0.25, 0.3) is 0 Å². The lowest BCUT2D eigenvalue weighted by atomic mass is 9.76. The number of aliphatic carboxylic acids is 1. The van der Waals surface area contributed by atoms with Crippen molar-refractivity contribution in [3.63, 3.8) is 0 Å². The Morgan fingerprint density at radius 3 is 2.35 bits per heavy atom. The Kier molecular flexibility index (Phi) is 2.89. The summed E-state index contributed by atoms with van der Waals surface area (Å²) >= 11 is 0. The van der Waals surface area contributed by atoms with Crippen molar-refractivity contribution in [3.8, 4) is 0 Å². The quantitative estimate of drug-likeness (QED) is 0.761. The van der Waals surface area contributed by atoms with Gasteiger partial charge in [0.2, 0.25) is 5.91 Å². The first kappa shape index (κ1) is 12.4. The summed E-state index contributed by atoms with van der Waals surface area (Å²) in [7, 11) is 0. The van der Waals surface area contributed by atoms with E-state index < -0.39 is 17.0 Å². The van der Waals surface area contributed by atoms with Crippen LogP contribution in [0.5, 0.6) is 0 Å². The average molecular weight is 240 g/mol.